The van der Waals surface area contributed by atoms with Crippen molar-refractivity contribution in [3.8, 4) is 0 Å². The van der Waals surface area contributed by atoms with Crippen LogP contribution >= 0.6 is 0 Å². The van der Waals surface area contributed by atoms with E-state index in [1.54, 1.807) is 6.26 Å². The molecule has 4 heteroatoms. The first-order valence-electron chi connectivity index (χ1n) is 9.18. The standard InChI is InChI=1S/C23H22N2O2/c1-3-17-9-6-7-11-19(17)24-23(26)21-14-22-20(12-13-27-22)25(21)15-18-10-5-4-8-16(18)2/h4-14H,3,15H2,1-2H3,(H,24,26). The maximum absolute atomic E-state index is 13.1. The van der Waals surface area contributed by atoms with E-state index in [-0.39, 0.29) is 5.91 Å². The summed E-state index contributed by atoms with van der Waals surface area (Å²) in [5.74, 6) is -0.129. The number of rotatable bonds is 5. The molecule has 1 N–H and O–H groups in total. The highest BCUT2D eigenvalue weighted by Gasteiger charge is 2.19. The van der Waals surface area contributed by atoms with E-state index in [0.717, 1.165) is 28.8 Å². The van der Waals surface area contributed by atoms with Gasteiger partial charge in [0.05, 0.1) is 11.8 Å². The number of benzene rings is 2. The lowest BCUT2D eigenvalue weighted by atomic mass is 10.1. The van der Waals surface area contributed by atoms with Gasteiger partial charge in [-0.05, 0) is 36.1 Å². The molecule has 0 bridgehead atoms. The highest BCUT2D eigenvalue weighted by Crippen LogP contribution is 2.25. The minimum absolute atomic E-state index is 0.129. The number of hydrogen-bond acceptors (Lipinski definition) is 2. The van der Waals surface area contributed by atoms with Crippen molar-refractivity contribution in [2.75, 3.05) is 5.32 Å². The van der Waals surface area contributed by atoms with Crippen molar-refractivity contribution in [2.45, 2.75) is 26.8 Å². The van der Waals surface area contributed by atoms with Crippen LogP contribution in [0, 0.1) is 6.92 Å². The number of carbonyl (C=O) groups is 1. The van der Waals surface area contributed by atoms with Gasteiger partial charge in [-0.1, -0.05) is 49.4 Å². The highest BCUT2D eigenvalue weighted by atomic mass is 16.3. The van der Waals surface area contributed by atoms with E-state index < -0.39 is 0 Å². The fourth-order valence-corrected chi connectivity index (χ4v) is 3.43. The Morgan fingerprint density at radius 1 is 1.04 bits per heavy atom. The average molecular weight is 358 g/mol. The Hall–Kier alpha value is -3.27. The van der Waals surface area contributed by atoms with E-state index in [0.29, 0.717) is 12.2 Å². The number of hydrogen-bond donors (Lipinski definition) is 1. The van der Waals surface area contributed by atoms with Gasteiger partial charge < -0.3 is 14.3 Å². The topological polar surface area (TPSA) is 47.2 Å². The molecule has 4 aromatic rings. The van der Waals surface area contributed by atoms with Gasteiger partial charge in [-0.2, -0.15) is 0 Å². The van der Waals surface area contributed by atoms with Crippen molar-refractivity contribution in [3.63, 3.8) is 0 Å². The number of nitrogens with one attached hydrogen (secondary N) is 1. The molecule has 0 fully saturated rings. The van der Waals surface area contributed by atoms with Gasteiger partial charge in [-0.3, -0.25) is 4.79 Å². The minimum Gasteiger partial charge on any atom is -0.463 e. The SMILES string of the molecule is CCc1ccccc1NC(=O)c1cc2occc2n1Cc1ccccc1C. The van der Waals surface area contributed by atoms with Crippen LogP contribution in [0.2, 0.25) is 0 Å². The number of furan rings is 1. The number of carbonyl (C=O) groups excluding carboxylic acids is 1. The van der Waals surface area contributed by atoms with Crippen molar-refractivity contribution >= 4 is 22.7 Å². The Balaban J connectivity index is 1.72. The van der Waals surface area contributed by atoms with Crippen LogP contribution in [0.3, 0.4) is 0 Å². The molecule has 0 aliphatic heterocycles. The zero-order valence-electron chi connectivity index (χ0n) is 15.5. The molecule has 1 amide bonds. The first-order chi connectivity index (χ1) is 13.2. The van der Waals surface area contributed by atoms with Gasteiger partial charge in [0.15, 0.2) is 5.58 Å². The summed E-state index contributed by atoms with van der Waals surface area (Å²) in [6.07, 6.45) is 2.52. The second-order valence-corrected chi connectivity index (χ2v) is 6.68. The molecule has 0 saturated carbocycles. The number of aromatic nitrogens is 1. The molecule has 0 spiro atoms. The number of anilines is 1. The predicted octanol–water partition coefficient (Wildman–Crippen LogP) is 5.41. The number of nitrogens with zero attached hydrogens (tertiary/aromatic N) is 1. The fraction of sp³-hybridized carbons (Fsp3) is 0.174. The summed E-state index contributed by atoms with van der Waals surface area (Å²) >= 11 is 0. The van der Waals surface area contributed by atoms with Crippen LogP contribution in [-0.4, -0.2) is 10.5 Å². The highest BCUT2D eigenvalue weighted by molar-refractivity contribution is 6.06. The Morgan fingerprint density at radius 2 is 1.78 bits per heavy atom. The lowest BCUT2D eigenvalue weighted by molar-refractivity contribution is 0.101. The van der Waals surface area contributed by atoms with Gasteiger partial charge in [0.25, 0.3) is 5.91 Å². The fourth-order valence-electron chi connectivity index (χ4n) is 3.43. The van der Waals surface area contributed by atoms with Gasteiger partial charge in [0.2, 0.25) is 0 Å². The van der Waals surface area contributed by atoms with E-state index in [1.807, 2.05) is 53.1 Å². The van der Waals surface area contributed by atoms with Crippen LogP contribution in [0.4, 0.5) is 5.69 Å². The number of amides is 1. The molecule has 0 radical (unpaired) electrons. The summed E-state index contributed by atoms with van der Waals surface area (Å²) in [6.45, 7) is 4.79. The lowest BCUT2D eigenvalue weighted by Crippen LogP contribution is -2.18. The van der Waals surface area contributed by atoms with E-state index in [2.05, 4.69) is 31.3 Å². The molecule has 0 unspecified atom stereocenters. The molecule has 2 aromatic heterocycles. The predicted molar refractivity (Wildman–Crippen MR) is 108 cm³/mol. The van der Waals surface area contributed by atoms with Gasteiger partial charge in [-0.25, -0.2) is 0 Å². The average Bonchev–Trinajstić information content (AvgIpc) is 3.26. The van der Waals surface area contributed by atoms with Crippen LogP contribution in [-0.2, 0) is 13.0 Å². The molecule has 0 saturated heterocycles. The number of para-hydroxylation sites is 1. The first kappa shape index (κ1) is 17.2. The third kappa shape index (κ3) is 3.26. The second-order valence-electron chi connectivity index (χ2n) is 6.68. The molecule has 0 aliphatic rings. The molecular weight excluding hydrogens is 336 g/mol. The quantitative estimate of drug-likeness (QED) is 0.519. The third-order valence-corrected chi connectivity index (χ3v) is 4.99. The minimum atomic E-state index is -0.129. The van der Waals surface area contributed by atoms with Gasteiger partial charge in [0.1, 0.15) is 5.69 Å². The van der Waals surface area contributed by atoms with Crippen molar-refractivity contribution < 1.29 is 9.21 Å². The zero-order chi connectivity index (χ0) is 18.8. The monoisotopic (exact) mass is 358 g/mol. The maximum Gasteiger partial charge on any atom is 0.272 e. The van der Waals surface area contributed by atoms with Gasteiger partial charge >= 0.3 is 0 Å². The lowest BCUT2D eigenvalue weighted by Gasteiger charge is -2.13. The largest absolute Gasteiger partial charge is 0.463 e. The van der Waals surface area contributed by atoms with Crippen LogP contribution in [0.1, 0.15) is 34.1 Å². The van der Waals surface area contributed by atoms with E-state index in [9.17, 15) is 4.79 Å². The molecule has 0 aliphatic carbocycles. The summed E-state index contributed by atoms with van der Waals surface area (Å²) in [7, 11) is 0. The third-order valence-electron chi connectivity index (χ3n) is 4.99. The molecule has 2 aromatic carbocycles. The van der Waals surface area contributed by atoms with E-state index >= 15 is 0 Å². The van der Waals surface area contributed by atoms with E-state index in [4.69, 9.17) is 4.42 Å². The first-order valence-corrected chi connectivity index (χ1v) is 9.18. The van der Waals surface area contributed by atoms with Crippen LogP contribution < -0.4 is 5.32 Å². The summed E-state index contributed by atoms with van der Waals surface area (Å²) in [6, 6.07) is 19.9. The van der Waals surface area contributed by atoms with Gasteiger partial charge in [0, 0.05) is 24.4 Å². The molecule has 27 heavy (non-hydrogen) atoms. The molecule has 136 valence electrons. The Bertz CT molecular complexity index is 1100. The Kier molecular flexibility index (Phi) is 4.55. The Morgan fingerprint density at radius 3 is 2.56 bits per heavy atom. The summed E-state index contributed by atoms with van der Waals surface area (Å²) in [5, 5.41) is 3.07. The van der Waals surface area contributed by atoms with Crippen LogP contribution in [0.25, 0.3) is 11.1 Å². The molecule has 4 rings (SSSR count). The van der Waals surface area contributed by atoms with Gasteiger partial charge in [-0.15, -0.1) is 0 Å². The number of aryl methyl sites for hydroxylation is 2. The molecule has 4 nitrogen and oxygen atoms in total. The normalized spacial score (nSPS) is 11.0. The number of fused-ring (bicyclic) bond motifs is 1. The van der Waals surface area contributed by atoms with Crippen molar-refractivity contribution in [1.29, 1.82) is 0 Å². The summed E-state index contributed by atoms with van der Waals surface area (Å²) in [5.41, 5.74) is 6.59. The van der Waals surface area contributed by atoms with E-state index in [1.165, 1.54) is 11.1 Å². The summed E-state index contributed by atoms with van der Waals surface area (Å²) < 4.78 is 7.57. The molecule has 2 heterocycles. The van der Waals surface area contributed by atoms with Crippen molar-refractivity contribution in [2.24, 2.45) is 0 Å². The molecule has 0 atom stereocenters. The summed E-state index contributed by atoms with van der Waals surface area (Å²) in [4.78, 5) is 13.1. The van der Waals surface area contributed by atoms with Crippen molar-refractivity contribution in [3.05, 3.63) is 89.3 Å². The second kappa shape index (κ2) is 7.16. The maximum atomic E-state index is 13.1. The smallest absolute Gasteiger partial charge is 0.272 e. The zero-order valence-corrected chi connectivity index (χ0v) is 15.5. The molecular formula is C23H22N2O2. The van der Waals surface area contributed by atoms with Crippen molar-refractivity contribution in [1.82, 2.24) is 4.57 Å². The van der Waals surface area contributed by atoms with Crippen LogP contribution in [0.15, 0.2) is 71.3 Å². The van der Waals surface area contributed by atoms with Crippen LogP contribution in [0.5, 0.6) is 0 Å². The Labute approximate surface area is 158 Å².